The molecule has 1 aromatic heterocycles. The molecule has 0 saturated heterocycles. The summed E-state index contributed by atoms with van der Waals surface area (Å²) in [5, 5.41) is 3.73. The number of fused-ring (bicyclic) bond motifs is 1. The lowest BCUT2D eigenvalue weighted by atomic mass is 9.82. The van der Waals surface area contributed by atoms with E-state index in [0.717, 1.165) is 30.8 Å². The number of oxazole rings is 1. The SMILES string of the molecule is O=c1[nH]c2ccc(CCCN[C@H]3CC[C@H](c4ccccc4)CC3)cc2o1. The maximum absolute atomic E-state index is 11.2. The molecule has 136 valence electrons. The molecule has 1 aliphatic carbocycles. The maximum atomic E-state index is 11.2. The average molecular weight is 350 g/mol. The van der Waals surface area contributed by atoms with Gasteiger partial charge in [0.1, 0.15) is 0 Å². The van der Waals surface area contributed by atoms with Gasteiger partial charge in [0.05, 0.1) is 5.52 Å². The fourth-order valence-corrected chi connectivity index (χ4v) is 4.10. The van der Waals surface area contributed by atoms with Gasteiger partial charge in [0.25, 0.3) is 0 Å². The van der Waals surface area contributed by atoms with Gasteiger partial charge in [-0.05, 0) is 74.2 Å². The summed E-state index contributed by atoms with van der Waals surface area (Å²) in [4.78, 5) is 13.9. The number of nitrogens with one attached hydrogen (secondary N) is 2. The number of aromatic nitrogens is 1. The van der Waals surface area contributed by atoms with Gasteiger partial charge in [0.2, 0.25) is 0 Å². The van der Waals surface area contributed by atoms with Crippen LogP contribution < -0.4 is 11.1 Å². The van der Waals surface area contributed by atoms with Gasteiger partial charge in [-0.3, -0.25) is 4.98 Å². The third-order valence-electron chi connectivity index (χ3n) is 5.56. The minimum Gasteiger partial charge on any atom is -0.408 e. The number of aryl methyl sites for hydroxylation is 1. The molecule has 1 fully saturated rings. The van der Waals surface area contributed by atoms with Gasteiger partial charge in [0.15, 0.2) is 5.58 Å². The summed E-state index contributed by atoms with van der Waals surface area (Å²) in [6.45, 7) is 1.04. The summed E-state index contributed by atoms with van der Waals surface area (Å²) >= 11 is 0. The molecule has 26 heavy (non-hydrogen) atoms. The van der Waals surface area contributed by atoms with Crippen LogP contribution in [0.4, 0.5) is 0 Å². The monoisotopic (exact) mass is 350 g/mol. The van der Waals surface area contributed by atoms with E-state index in [-0.39, 0.29) is 5.76 Å². The fourth-order valence-electron chi connectivity index (χ4n) is 4.10. The van der Waals surface area contributed by atoms with Gasteiger partial charge in [-0.1, -0.05) is 36.4 Å². The first-order valence-electron chi connectivity index (χ1n) is 9.68. The summed E-state index contributed by atoms with van der Waals surface area (Å²) in [6.07, 6.45) is 7.19. The van der Waals surface area contributed by atoms with E-state index >= 15 is 0 Å². The van der Waals surface area contributed by atoms with E-state index in [1.54, 1.807) is 0 Å². The van der Waals surface area contributed by atoms with Crippen LogP contribution in [0.2, 0.25) is 0 Å². The van der Waals surface area contributed by atoms with Crippen LogP contribution >= 0.6 is 0 Å². The normalized spacial score (nSPS) is 20.5. The van der Waals surface area contributed by atoms with E-state index in [9.17, 15) is 4.79 Å². The minimum atomic E-state index is -0.384. The van der Waals surface area contributed by atoms with Crippen LogP contribution in [0.3, 0.4) is 0 Å². The Balaban J connectivity index is 1.20. The van der Waals surface area contributed by atoms with Crippen molar-refractivity contribution in [1.82, 2.24) is 10.3 Å². The van der Waals surface area contributed by atoms with Gasteiger partial charge in [-0.25, -0.2) is 4.79 Å². The van der Waals surface area contributed by atoms with Crippen LogP contribution in [0.25, 0.3) is 11.1 Å². The number of benzene rings is 2. The van der Waals surface area contributed by atoms with Crippen LogP contribution in [0, 0.1) is 0 Å². The van der Waals surface area contributed by atoms with E-state index < -0.39 is 0 Å². The highest BCUT2D eigenvalue weighted by Crippen LogP contribution is 2.32. The van der Waals surface area contributed by atoms with Gasteiger partial charge in [-0.15, -0.1) is 0 Å². The summed E-state index contributed by atoms with van der Waals surface area (Å²) < 4.78 is 5.13. The van der Waals surface area contributed by atoms with Gasteiger partial charge in [0, 0.05) is 6.04 Å². The molecular weight excluding hydrogens is 324 g/mol. The molecule has 2 aromatic carbocycles. The predicted molar refractivity (Wildman–Crippen MR) is 105 cm³/mol. The Labute approximate surface area is 153 Å². The topological polar surface area (TPSA) is 58.0 Å². The van der Waals surface area contributed by atoms with Crippen molar-refractivity contribution in [2.45, 2.75) is 50.5 Å². The standard InChI is InChI=1S/C22H26N2O2/c25-22-24-20-13-8-16(15-21(20)26-22)5-4-14-23-19-11-9-18(10-12-19)17-6-2-1-3-7-17/h1-3,6-8,13,15,18-19,23H,4-5,9-12,14H2,(H,24,25)/t18-,19-. The maximum Gasteiger partial charge on any atom is 0.417 e. The zero-order chi connectivity index (χ0) is 17.8. The second-order valence-corrected chi connectivity index (χ2v) is 7.36. The Hall–Kier alpha value is -2.33. The molecule has 2 N–H and O–H groups in total. The lowest BCUT2D eigenvalue weighted by molar-refractivity contribution is 0.342. The first-order valence-corrected chi connectivity index (χ1v) is 9.68. The molecule has 0 unspecified atom stereocenters. The smallest absolute Gasteiger partial charge is 0.408 e. The quantitative estimate of drug-likeness (QED) is 0.649. The van der Waals surface area contributed by atoms with Crippen molar-refractivity contribution in [3.05, 3.63) is 70.2 Å². The zero-order valence-electron chi connectivity index (χ0n) is 15.0. The van der Waals surface area contributed by atoms with Crippen LogP contribution in [-0.4, -0.2) is 17.6 Å². The number of hydrogen-bond donors (Lipinski definition) is 2. The second kappa shape index (κ2) is 7.92. The van der Waals surface area contributed by atoms with Crippen molar-refractivity contribution >= 4 is 11.1 Å². The number of rotatable bonds is 6. The zero-order valence-corrected chi connectivity index (χ0v) is 15.0. The molecule has 0 bridgehead atoms. The van der Waals surface area contributed by atoms with E-state index in [1.807, 2.05) is 12.1 Å². The molecule has 4 rings (SSSR count). The first kappa shape index (κ1) is 17.1. The third kappa shape index (κ3) is 4.07. The minimum absolute atomic E-state index is 0.384. The average Bonchev–Trinajstić information content (AvgIpc) is 3.06. The van der Waals surface area contributed by atoms with Crippen molar-refractivity contribution < 1.29 is 4.42 Å². The summed E-state index contributed by atoms with van der Waals surface area (Å²) in [5.41, 5.74) is 4.14. The van der Waals surface area contributed by atoms with Crippen molar-refractivity contribution in [1.29, 1.82) is 0 Å². The second-order valence-electron chi connectivity index (χ2n) is 7.36. The third-order valence-corrected chi connectivity index (χ3v) is 5.56. The highest BCUT2D eigenvalue weighted by atomic mass is 16.4. The van der Waals surface area contributed by atoms with Crippen molar-refractivity contribution in [3.8, 4) is 0 Å². The number of hydrogen-bond acceptors (Lipinski definition) is 3. The Morgan fingerprint density at radius 3 is 2.65 bits per heavy atom. The molecule has 0 amide bonds. The number of aromatic amines is 1. The Bertz CT molecular complexity index is 889. The van der Waals surface area contributed by atoms with Crippen LogP contribution in [0.15, 0.2) is 57.7 Å². The lowest BCUT2D eigenvalue weighted by Crippen LogP contribution is -2.33. The van der Waals surface area contributed by atoms with Crippen LogP contribution in [0.1, 0.15) is 49.1 Å². The Kier molecular flexibility index (Phi) is 5.21. The molecule has 3 aromatic rings. The largest absolute Gasteiger partial charge is 0.417 e. The Morgan fingerprint density at radius 2 is 1.85 bits per heavy atom. The highest BCUT2D eigenvalue weighted by molar-refractivity contribution is 5.72. The first-order chi connectivity index (χ1) is 12.8. The summed E-state index contributed by atoms with van der Waals surface area (Å²) in [6, 6.07) is 17.5. The van der Waals surface area contributed by atoms with E-state index in [1.165, 1.54) is 36.8 Å². The predicted octanol–water partition coefficient (Wildman–Crippen LogP) is 4.37. The van der Waals surface area contributed by atoms with E-state index in [4.69, 9.17) is 4.42 Å². The molecular formula is C22H26N2O2. The van der Waals surface area contributed by atoms with Gasteiger partial charge >= 0.3 is 5.76 Å². The lowest BCUT2D eigenvalue weighted by Gasteiger charge is -2.29. The van der Waals surface area contributed by atoms with Gasteiger partial charge in [-0.2, -0.15) is 0 Å². The molecule has 1 heterocycles. The van der Waals surface area contributed by atoms with Crippen molar-refractivity contribution in [2.75, 3.05) is 6.54 Å². The fraction of sp³-hybridized carbons (Fsp3) is 0.409. The van der Waals surface area contributed by atoms with Crippen molar-refractivity contribution in [3.63, 3.8) is 0 Å². The summed E-state index contributed by atoms with van der Waals surface area (Å²) in [7, 11) is 0. The van der Waals surface area contributed by atoms with Crippen molar-refractivity contribution in [2.24, 2.45) is 0 Å². The molecule has 4 nitrogen and oxygen atoms in total. The highest BCUT2D eigenvalue weighted by Gasteiger charge is 2.21. The Morgan fingerprint density at radius 1 is 1.04 bits per heavy atom. The van der Waals surface area contributed by atoms with Gasteiger partial charge < -0.3 is 9.73 Å². The molecule has 0 spiro atoms. The van der Waals surface area contributed by atoms with E-state index in [2.05, 4.69) is 46.7 Å². The van der Waals surface area contributed by atoms with E-state index in [0.29, 0.717) is 11.6 Å². The van der Waals surface area contributed by atoms with Crippen LogP contribution in [-0.2, 0) is 6.42 Å². The van der Waals surface area contributed by atoms with Crippen LogP contribution in [0.5, 0.6) is 0 Å². The molecule has 1 saturated carbocycles. The molecule has 0 atom stereocenters. The molecule has 4 heteroatoms. The molecule has 0 radical (unpaired) electrons. The molecule has 1 aliphatic rings. The molecule has 0 aliphatic heterocycles. The number of H-pyrrole nitrogens is 1. The summed E-state index contributed by atoms with van der Waals surface area (Å²) in [5.74, 6) is 0.349.